The van der Waals surface area contributed by atoms with Crippen molar-refractivity contribution in [3.8, 4) is 0 Å². The van der Waals surface area contributed by atoms with E-state index >= 15 is 0 Å². The highest BCUT2D eigenvalue weighted by atomic mass is 16.5. The van der Waals surface area contributed by atoms with Gasteiger partial charge in [0.1, 0.15) is 0 Å². The molecule has 3 saturated heterocycles. The van der Waals surface area contributed by atoms with E-state index in [9.17, 15) is 9.59 Å². The van der Waals surface area contributed by atoms with Gasteiger partial charge in [-0.25, -0.2) is 0 Å². The van der Waals surface area contributed by atoms with E-state index in [0.29, 0.717) is 31.6 Å². The topological polar surface area (TPSA) is 87.3 Å². The Morgan fingerprint density at radius 2 is 2.17 bits per heavy atom. The normalized spacial score (nSPS) is 29.8. The van der Waals surface area contributed by atoms with Gasteiger partial charge in [0.15, 0.2) is 0 Å². The Kier molecular flexibility index (Phi) is 4.62. The van der Waals surface area contributed by atoms with Crippen molar-refractivity contribution < 1.29 is 14.3 Å². The lowest BCUT2D eigenvalue weighted by molar-refractivity contribution is -0.121. The highest BCUT2D eigenvalue weighted by Crippen LogP contribution is 2.54. The molecule has 1 spiro atoms. The van der Waals surface area contributed by atoms with Gasteiger partial charge in [-0.15, -0.1) is 0 Å². The SMILES string of the molecule is O=C(CCc1ccccc1)NC[C@H]1[C@H]2CN(C(=O)c3cn[nH]c3)C[C@]23CC[C@H]1O3. The van der Waals surface area contributed by atoms with E-state index in [1.165, 1.54) is 5.56 Å². The van der Waals surface area contributed by atoms with E-state index in [1.807, 2.05) is 35.2 Å². The van der Waals surface area contributed by atoms with Crippen LogP contribution in [0.5, 0.6) is 0 Å². The van der Waals surface area contributed by atoms with Gasteiger partial charge < -0.3 is 15.0 Å². The van der Waals surface area contributed by atoms with Gasteiger partial charge in [0.25, 0.3) is 5.91 Å². The van der Waals surface area contributed by atoms with E-state index in [-0.39, 0.29) is 35.4 Å². The second-order valence-electron chi connectivity index (χ2n) is 8.49. The lowest BCUT2D eigenvalue weighted by atomic mass is 9.73. The van der Waals surface area contributed by atoms with Crippen molar-refractivity contribution in [1.29, 1.82) is 0 Å². The Hall–Kier alpha value is -2.67. The zero-order valence-corrected chi connectivity index (χ0v) is 16.3. The summed E-state index contributed by atoms with van der Waals surface area (Å²) in [6.07, 6.45) is 6.64. The summed E-state index contributed by atoms with van der Waals surface area (Å²) >= 11 is 0. The molecule has 0 aliphatic carbocycles. The van der Waals surface area contributed by atoms with Gasteiger partial charge in [0, 0.05) is 37.5 Å². The molecule has 1 aromatic heterocycles. The summed E-state index contributed by atoms with van der Waals surface area (Å²) in [4.78, 5) is 27.0. The van der Waals surface area contributed by atoms with Gasteiger partial charge in [-0.05, 0) is 24.8 Å². The summed E-state index contributed by atoms with van der Waals surface area (Å²) in [7, 11) is 0. The van der Waals surface area contributed by atoms with E-state index < -0.39 is 0 Å². The van der Waals surface area contributed by atoms with Crippen LogP contribution in [0.3, 0.4) is 0 Å². The molecule has 4 heterocycles. The average molecular weight is 394 g/mol. The summed E-state index contributed by atoms with van der Waals surface area (Å²) in [5, 5.41) is 9.71. The van der Waals surface area contributed by atoms with Crippen LogP contribution in [0, 0.1) is 11.8 Å². The van der Waals surface area contributed by atoms with Crippen LogP contribution in [0.4, 0.5) is 0 Å². The van der Waals surface area contributed by atoms with Crippen molar-refractivity contribution in [2.75, 3.05) is 19.6 Å². The largest absolute Gasteiger partial charge is 0.369 e. The number of ether oxygens (including phenoxy) is 1. The van der Waals surface area contributed by atoms with E-state index in [0.717, 1.165) is 19.3 Å². The number of benzene rings is 1. The third-order valence-electron chi connectivity index (χ3n) is 6.83. The van der Waals surface area contributed by atoms with Gasteiger partial charge in [0.05, 0.1) is 30.0 Å². The Morgan fingerprint density at radius 1 is 1.31 bits per heavy atom. The van der Waals surface area contributed by atoms with Crippen LogP contribution >= 0.6 is 0 Å². The van der Waals surface area contributed by atoms with Gasteiger partial charge >= 0.3 is 0 Å². The predicted octanol–water partition coefficient (Wildman–Crippen LogP) is 1.78. The number of rotatable bonds is 6. The van der Waals surface area contributed by atoms with Crippen molar-refractivity contribution in [2.24, 2.45) is 11.8 Å². The Morgan fingerprint density at radius 3 is 2.97 bits per heavy atom. The zero-order chi connectivity index (χ0) is 19.8. The average Bonchev–Trinajstić information content (AvgIpc) is 3.52. The minimum Gasteiger partial charge on any atom is -0.369 e. The molecule has 2 N–H and O–H groups in total. The summed E-state index contributed by atoms with van der Waals surface area (Å²) in [5.41, 5.74) is 1.53. The van der Waals surface area contributed by atoms with Gasteiger partial charge in [0.2, 0.25) is 5.91 Å². The van der Waals surface area contributed by atoms with Crippen LogP contribution in [0.15, 0.2) is 42.7 Å². The number of carbonyl (C=O) groups excluding carboxylic acids is 2. The molecule has 3 aliphatic heterocycles. The third kappa shape index (κ3) is 3.33. The summed E-state index contributed by atoms with van der Waals surface area (Å²) in [6.45, 7) is 1.94. The molecule has 7 nitrogen and oxygen atoms in total. The smallest absolute Gasteiger partial charge is 0.257 e. The summed E-state index contributed by atoms with van der Waals surface area (Å²) in [6, 6.07) is 10.1. The summed E-state index contributed by atoms with van der Waals surface area (Å²) in [5.74, 6) is 0.633. The lowest BCUT2D eigenvalue weighted by Crippen LogP contribution is -2.41. The molecule has 0 saturated carbocycles. The van der Waals surface area contributed by atoms with E-state index in [1.54, 1.807) is 12.4 Å². The monoisotopic (exact) mass is 394 g/mol. The van der Waals surface area contributed by atoms with Gasteiger partial charge in [-0.3, -0.25) is 14.7 Å². The minimum absolute atomic E-state index is 0.000205. The molecule has 2 bridgehead atoms. The number of nitrogens with zero attached hydrogens (tertiary/aromatic N) is 2. The van der Waals surface area contributed by atoms with Crippen LogP contribution < -0.4 is 5.32 Å². The molecule has 3 aliphatic rings. The maximum atomic E-state index is 12.7. The first-order valence-corrected chi connectivity index (χ1v) is 10.4. The number of aryl methyl sites for hydroxylation is 1. The van der Waals surface area contributed by atoms with Crippen molar-refractivity contribution in [3.63, 3.8) is 0 Å². The van der Waals surface area contributed by atoms with Crippen molar-refractivity contribution in [3.05, 3.63) is 53.9 Å². The molecule has 4 atom stereocenters. The van der Waals surface area contributed by atoms with E-state index in [2.05, 4.69) is 15.5 Å². The second kappa shape index (κ2) is 7.30. The fourth-order valence-corrected chi connectivity index (χ4v) is 5.39. The first-order valence-electron chi connectivity index (χ1n) is 10.4. The maximum absolute atomic E-state index is 12.7. The van der Waals surface area contributed by atoms with Crippen LogP contribution in [-0.2, 0) is 16.0 Å². The first-order chi connectivity index (χ1) is 14.1. The quantitative estimate of drug-likeness (QED) is 0.782. The van der Waals surface area contributed by atoms with Crippen molar-refractivity contribution in [2.45, 2.75) is 37.4 Å². The molecule has 5 rings (SSSR count). The van der Waals surface area contributed by atoms with Crippen molar-refractivity contribution in [1.82, 2.24) is 20.4 Å². The van der Waals surface area contributed by atoms with Crippen LogP contribution in [-0.4, -0.2) is 58.3 Å². The van der Waals surface area contributed by atoms with Crippen LogP contribution in [0.2, 0.25) is 0 Å². The molecule has 7 heteroatoms. The van der Waals surface area contributed by atoms with Gasteiger partial charge in [-0.2, -0.15) is 5.10 Å². The number of hydrogen-bond donors (Lipinski definition) is 2. The molecule has 2 aromatic rings. The predicted molar refractivity (Wildman–Crippen MR) is 106 cm³/mol. The molecule has 0 unspecified atom stereocenters. The lowest BCUT2D eigenvalue weighted by Gasteiger charge is -2.29. The number of H-pyrrole nitrogens is 1. The zero-order valence-electron chi connectivity index (χ0n) is 16.3. The second-order valence-corrected chi connectivity index (χ2v) is 8.49. The third-order valence-corrected chi connectivity index (χ3v) is 6.83. The molecule has 2 amide bonds. The van der Waals surface area contributed by atoms with E-state index in [4.69, 9.17) is 4.74 Å². The minimum atomic E-state index is -0.233. The van der Waals surface area contributed by atoms with Gasteiger partial charge in [-0.1, -0.05) is 30.3 Å². The molecule has 0 radical (unpaired) electrons. The molecule has 1 aromatic carbocycles. The number of carbonyl (C=O) groups is 2. The number of hydrogen-bond acceptors (Lipinski definition) is 4. The number of aromatic amines is 1. The number of nitrogens with one attached hydrogen (secondary N) is 2. The molecule has 29 heavy (non-hydrogen) atoms. The number of fused-ring (bicyclic) bond motifs is 1. The standard InChI is InChI=1S/C22H26N4O3/c27-20(7-6-15-4-2-1-3-5-15)23-12-17-18-13-26(21(28)16-10-24-25-11-16)14-22(18)9-8-19(17)29-22/h1-5,10-11,17-19H,6-9,12-14H2,(H,23,27)(H,24,25)/t17-,18+,19+,22+/m0/s1. The summed E-state index contributed by atoms with van der Waals surface area (Å²) < 4.78 is 6.39. The number of amides is 2. The maximum Gasteiger partial charge on any atom is 0.257 e. The fourth-order valence-electron chi connectivity index (χ4n) is 5.39. The molecular formula is C22H26N4O3. The Bertz CT molecular complexity index is 885. The first kappa shape index (κ1) is 18.4. The highest BCUT2D eigenvalue weighted by molar-refractivity contribution is 5.94. The molecule has 152 valence electrons. The van der Waals surface area contributed by atoms with Crippen LogP contribution in [0.1, 0.15) is 35.2 Å². The fraction of sp³-hybridized carbons (Fsp3) is 0.500. The van der Waals surface area contributed by atoms with Crippen molar-refractivity contribution >= 4 is 11.8 Å². The Balaban J connectivity index is 1.18. The molecular weight excluding hydrogens is 368 g/mol. The van der Waals surface area contributed by atoms with Crippen LogP contribution in [0.25, 0.3) is 0 Å². The molecule has 3 fully saturated rings. The number of aromatic nitrogens is 2. The number of likely N-dealkylation sites (tertiary alicyclic amines) is 1. The highest BCUT2D eigenvalue weighted by Gasteiger charge is 2.63. The Labute approximate surface area is 169 Å².